The van der Waals surface area contributed by atoms with Crippen LogP contribution in [0.4, 0.5) is 0 Å². The summed E-state index contributed by atoms with van der Waals surface area (Å²) in [5.74, 6) is -1.18. The van der Waals surface area contributed by atoms with E-state index in [1.807, 2.05) is 47.0 Å². The molecule has 2 aromatic carbocycles. The molecule has 1 amide bonds. The number of carbonyl (C=O) groups is 2. The van der Waals surface area contributed by atoms with E-state index in [1.165, 1.54) is 0 Å². The number of amides is 1. The fourth-order valence-corrected chi connectivity index (χ4v) is 3.59. The number of hydrogen-bond donors (Lipinski definition) is 2. The van der Waals surface area contributed by atoms with Crippen molar-refractivity contribution in [2.24, 2.45) is 0 Å². The van der Waals surface area contributed by atoms with E-state index in [2.05, 4.69) is 10.3 Å². The molecule has 148 valence electrons. The monoisotopic (exact) mass is 398 g/mol. The van der Waals surface area contributed by atoms with Crippen LogP contribution in [0.25, 0.3) is 21.9 Å². The molecule has 2 aromatic heterocycles. The quantitative estimate of drug-likeness (QED) is 0.519. The van der Waals surface area contributed by atoms with E-state index in [-0.39, 0.29) is 25.4 Å². The molecule has 0 aliphatic carbocycles. The predicted octanol–water partition coefficient (Wildman–Crippen LogP) is 3.00. The van der Waals surface area contributed by atoms with Crippen molar-refractivity contribution in [2.75, 3.05) is 0 Å². The molecule has 7 heteroatoms. The van der Waals surface area contributed by atoms with Crippen molar-refractivity contribution in [3.63, 3.8) is 0 Å². The lowest BCUT2D eigenvalue weighted by Gasteiger charge is -2.10. The second-order valence-electron chi connectivity index (χ2n) is 6.93. The smallest absolute Gasteiger partial charge is 0.307 e. The molecule has 7 nitrogen and oxygen atoms in total. The molecule has 0 unspecified atom stereocenters. The first-order valence-corrected chi connectivity index (χ1v) is 9.39. The van der Waals surface area contributed by atoms with Gasteiger partial charge in [-0.05, 0) is 35.4 Å². The van der Waals surface area contributed by atoms with Gasteiger partial charge in [0.25, 0.3) is 0 Å². The molecule has 0 radical (unpaired) electrons. The molecule has 2 heterocycles. The van der Waals surface area contributed by atoms with E-state index in [9.17, 15) is 14.9 Å². The number of nitriles is 1. The molecule has 0 atom stereocenters. The summed E-state index contributed by atoms with van der Waals surface area (Å²) in [5, 5.41) is 23.1. The normalized spacial score (nSPS) is 10.8. The third kappa shape index (κ3) is 3.71. The van der Waals surface area contributed by atoms with Crippen LogP contribution >= 0.6 is 0 Å². The second-order valence-corrected chi connectivity index (χ2v) is 6.93. The second kappa shape index (κ2) is 8.05. The van der Waals surface area contributed by atoms with Gasteiger partial charge in [0.15, 0.2) is 0 Å². The van der Waals surface area contributed by atoms with Crippen LogP contribution in [0.2, 0.25) is 0 Å². The number of hydrogen-bond acceptors (Lipinski definition) is 4. The molecule has 0 fully saturated rings. The lowest BCUT2D eigenvalue weighted by Crippen LogP contribution is -2.27. The van der Waals surface area contributed by atoms with Crippen LogP contribution in [-0.2, 0) is 29.1 Å². The number of nitrogens with zero attached hydrogens (tertiary/aromatic N) is 3. The molecule has 0 aliphatic rings. The molecule has 30 heavy (non-hydrogen) atoms. The summed E-state index contributed by atoms with van der Waals surface area (Å²) in [7, 11) is 0. The fourth-order valence-electron chi connectivity index (χ4n) is 3.59. The highest BCUT2D eigenvalue weighted by atomic mass is 16.4. The molecule has 2 N–H and O–H groups in total. The maximum absolute atomic E-state index is 12.6. The highest BCUT2D eigenvalue weighted by Crippen LogP contribution is 2.27. The third-order valence-corrected chi connectivity index (χ3v) is 4.96. The maximum Gasteiger partial charge on any atom is 0.307 e. The molecule has 0 saturated carbocycles. The summed E-state index contributed by atoms with van der Waals surface area (Å²) in [4.78, 5) is 28.0. The van der Waals surface area contributed by atoms with E-state index < -0.39 is 5.97 Å². The molecule has 0 saturated heterocycles. The fraction of sp³-hybridized carbons (Fsp3) is 0.130. The first kappa shape index (κ1) is 19.2. The Morgan fingerprint density at radius 1 is 1.10 bits per heavy atom. The zero-order chi connectivity index (χ0) is 21.1. The van der Waals surface area contributed by atoms with Gasteiger partial charge in [-0.15, -0.1) is 0 Å². The summed E-state index contributed by atoms with van der Waals surface area (Å²) in [6.45, 7) is 0.356. The number of carboxylic acids is 1. The Morgan fingerprint density at radius 2 is 1.90 bits per heavy atom. The van der Waals surface area contributed by atoms with Crippen LogP contribution < -0.4 is 5.32 Å². The van der Waals surface area contributed by atoms with Gasteiger partial charge < -0.3 is 15.0 Å². The van der Waals surface area contributed by atoms with Crippen molar-refractivity contribution >= 4 is 33.8 Å². The number of pyridine rings is 1. The molecule has 4 aromatic rings. The lowest BCUT2D eigenvalue weighted by molar-refractivity contribution is -0.136. The number of carboxylic acid groups (broad SMARTS) is 1. The van der Waals surface area contributed by atoms with Crippen LogP contribution in [-0.4, -0.2) is 26.5 Å². The third-order valence-electron chi connectivity index (χ3n) is 4.96. The van der Waals surface area contributed by atoms with Gasteiger partial charge in [-0.2, -0.15) is 5.26 Å². The minimum atomic E-state index is -0.993. The van der Waals surface area contributed by atoms with Gasteiger partial charge in [-0.3, -0.25) is 9.59 Å². The van der Waals surface area contributed by atoms with E-state index >= 15 is 0 Å². The number of aliphatic carboxylic acids is 1. The maximum atomic E-state index is 12.6. The average Bonchev–Trinajstić information content (AvgIpc) is 3.06. The lowest BCUT2D eigenvalue weighted by atomic mass is 10.0. The summed E-state index contributed by atoms with van der Waals surface area (Å²) < 4.78 is 1.89. The van der Waals surface area contributed by atoms with Crippen molar-refractivity contribution in [3.8, 4) is 6.07 Å². The van der Waals surface area contributed by atoms with Gasteiger partial charge in [0.05, 0.1) is 23.6 Å². The first-order valence-electron chi connectivity index (χ1n) is 9.39. The number of para-hydroxylation sites is 1. The Kier molecular flexibility index (Phi) is 5.14. The van der Waals surface area contributed by atoms with Gasteiger partial charge in [-0.25, -0.2) is 4.98 Å². The molecular weight excluding hydrogens is 380 g/mol. The standard InChI is InChI=1S/C23H18N4O3/c24-12-17-10-15(7-8-16(17)11-22(29)30)13-26-21(28)14-27-20-6-2-1-4-18(20)19-5-3-9-25-23(19)27/h1-10H,11,13-14H2,(H,26,28)(H,29,30). The van der Waals surface area contributed by atoms with Gasteiger partial charge in [0.1, 0.15) is 12.2 Å². The average molecular weight is 398 g/mol. The van der Waals surface area contributed by atoms with Crippen molar-refractivity contribution in [1.29, 1.82) is 5.26 Å². The Labute approximate surface area is 172 Å². The van der Waals surface area contributed by atoms with Crippen molar-refractivity contribution in [3.05, 3.63) is 77.5 Å². The Balaban J connectivity index is 1.52. The Hall–Kier alpha value is -4.18. The Bertz CT molecular complexity index is 1260. The highest BCUT2D eigenvalue weighted by molar-refractivity contribution is 6.07. The van der Waals surface area contributed by atoms with Gasteiger partial charge in [-0.1, -0.05) is 30.3 Å². The van der Waals surface area contributed by atoms with Crippen LogP contribution in [0, 0.1) is 11.3 Å². The zero-order valence-corrected chi connectivity index (χ0v) is 16.0. The highest BCUT2D eigenvalue weighted by Gasteiger charge is 2.14. The first-order chi connectivity index (χ1) is 14.6. The van der Waals surface area contributed by atoms with Gasteiger partial charge in [0.2, 0.25) is 5.91 Å². The van der Waals surface area contributed by atoms with E-state index in [4.69, 9.17) is 5.11 Å². The van der Waals surface area contributed by atoms with Crippen molar-refractivity contribution < 1.29 is 14.7 Å². The van der Waals surface area contributed by atoms with E-state index in [1.54, 1.807) is 24.4 Å². The summed E-state index contributed by atoms with van der Waals surface area (Å²) in [5.41, 5.74) is 3.17. The summed E-state index contributed by atoms with van der Waals surface area (Å²) in [6.07, 6.45) is 1.49. The summed E-state index contributed by atoms with van der Waals surface area (Å²) >= 11 is 0. The van der Waals surface area contributed by atoms with E-state index in [0.717, 1.165) is 27.5 Å². The Morgan fingerprint density at radius 3 is 2.70 bits per heavy atom. The molecular formula is C23H18N4O3. The number of aromatic nitrogens is 2. The number of fused-ring (bicyclic) bond motifs is 3. The minimum Gasteiger partial charge on any atom is -0.481 e. The van der Waals surface area contributed by atoms with Crippen molar-refractivity contribution in [2.45, 2.75) is 19.5 Å². The molecule has 0 spiro atoms. The predicted molar refractivity (Wildman–Crippen MR) is 112 cm³/mol. The zero-order valence-electron chi connectivity index (χ0n) is 16.0. The van der Waals surface area contributed by atoms with Crippen LogP contribution in [0.1, 0.15) is 16.7 Å². The van der Waals surface area contributed by atoms with Crippen molar-refractivity contribution in [1.82, 2.24) is 14.9 Å². The molecule has 0 aliphatic heterocycles. The largest absolute Gasteiger partial charge is 0.481 e. The minimum absolute atomic E-state index is 0.114. The SMILES string of the molecule is N#Cc1cc(CNC(=O)Cn2c3ccccc3c3cccnc32)ccc1CC(=O)O. The molecule has 0 bridgehead atoms. The van der Waals surface area contributed by atoms with Gasteiger partial charge in [0, 0.05) is 23.5 Å². The topological polar surface area (TPSA) is 108 Å². The number of benzene rings is 2. The van der Waals surface area contributed by atoms with Gasteiger partial charge >= 0.3 is 5.97 Å². The number of nitrogens with one attached hydrogen (secondary N) is 1. The van der Waals surface area contributed by atoms with Crippen LogP contribution in [0.5, 0.6) is 0 Å². The van der Waals surface area contributed by atoms with E-state index in [0.29, 0.717) is 11.1 Å². The number of carbonyl (C=O) groups excluding carboxylic acids is 1. The summed E-state index contributed by atoms with van der Waals surface area (Å²) in [6, 6.07) is 18.7. The number of rotatable bonds is 6. The van der Waals surface area contributed by atoms with Crippen LogP contribution in [0.3, 0.4) is 0 Å². The van der Waals surface area contributed by atoms with Crippen LogP contribution in [0.15, 0.2) is 60.8 Å². The molecule has 4 rings (SSSR count).